The number of nitrogens with one attached hydrogen (secondary N) is 1. The molecule has 0 saturated carbocycles. The van der Waals surface area contributed by atoms with Gasteiger partial charge in [0.05, 0.1) is 10.0 Å². The summed E-state index contributed by atoms with van der Waals surface area (Å²) in [5.41, 5.74) is 0.160. The highest BCUT2D eigenvalue weighted by Gasteiger charge is 2.37. The maximum atomic E-state index is 14.0. The summed E-state index contributed by atoms with van der Waals surface area (Å²) in [6.07, 6.45) is 2.32. The summed E-state index contributed by atoms with van der Waals surface area (Å²) < 4.78 is 14.3. The van der Waals surface area contributed by atoms with Gasteiger partial charge < -0.3 is 10.2 Å². The monoisotopic (exact) mass is 326 g/mol. The Hall–Kier alpha value is -0.940. The van der Waals surface area contributed by atoms with Crippen molar-refractivity contribution in [2.45, 2.75) is 18.9 Å². The Balaban J connectivity index is 1.79. The summed E-state index contributed by atoms with van der Waals surface area (Å²) in [6.45, 7) is 2.45. The second kappa shape index (κ2) is 5.21. The molecular weight excluding hydrogens is 311 g/mol. The third-order valence-corrected chi connectivity index (χ3v) is 4.68. The molecule has 5 heteroatoms. The highest BCUT2D eigenvalue weighted by molar-refractivity contribution is 9.10. The van der Waals surface area contributed by atoms with E-state index in [1.807, 2.05) is 0 Å². The van der Waals surface area contributed by atoms with E-state index in [1.54, 1.807) is 23.1 Å². The number of hydrogen-bond donors (Lipinski definition) is 1. The van der Waals surface area contributed by atoms with Crippen LogP contribution < -0.4 is 5.32 Å². The average Bonchev–Trinajstić information content (AvgIpc) is 2.85. The molecule has 1 amide bonds. The summed E-state index contributed by atoms with van der Waals surface area (Å²) in [4.78, 5) is 14.2. The molecule has 0 bridgehead atoms. The SMILES string of the molecule is O=C(c1cccc(Br)c1F)N1CC2CCCNC2C1. The lowest BCUT2D eigenvalue weighted by atomic mass is 9.94. The van der Waals surface area contributed by atoms with Gasteiger partial charge in [0, 0.05) is 19.1 Å². The van der Waals surface area contributed by atoms with E-state index in [4.69, 9.17) is 0 Å². The van der Waals surface area contributed by atoms with Crippen LogP contribution in [-0.2, 0) is 0 Å². The van der Waals surface area contributed by atoms with E-state index in [2.05, 4.69) is 21.2 Å². The Labute approximate surface area is 120 Å². The maximum absolute atomic E-state index is 14.0. The molecule has 19 heavy (non-hydrogen) atoms. The summed E-state index contributed by atoms with van der Waals surface area (Å²) >= 11 is 3.13. The zero-order chi connectivity index (χ0) is 13.4. The van der Waals surface area contributed by atoms with Gasteiger partial charge in [-0.3, -0.25) is 4.79 Å². The van der Waals surface area contributed by atoms with Crippen molar-refractivity contribution in [3.63, 3.8) is 0 Å². The molecule has 0 aromatic heterocycles. The van der Waals surface area contributed by atoms with Gasteiger partial charge in [0.1, 0.15) is 5.82 Å². The average molecular weight is 327 g/mol. The summed E-state index contributed by atoms with van der Waals surface area (Å²) in [6, 6.07) is 5.24. The summed E-state index contributed by atoms with van der Waals surface area (Å²) in [7, 11) is 0. The van der Waals surface area contributed by atoms with E-state index in [0.29, 0.717) is 23.0 Å². The largest absolute Gasteiger partial charge is 0.337 e. The lowest BCUT2D eigenvalue weighted by Gasteiger charge is -2.24. The summed E-state index contributed by atoms with van der Waals surface area (Å²) in [5, 5.41) is 3.45. The van der Waals surface area contributed by atoms with Crippen molar-refractivity contribution in [1.29, 1.82) is 0 Å². The van der Waals surface area contributed by atoms with Crippen molar-refractivity contribution in [3.8, 4) is 0 Å². The second-order valence-corrected chi connectivity index (χ2v) is 6.13. The fraction of sp³-hybridized carbons (Fsp3) is 0.500. The number of benzene rings is 1. The number of amides is 1. The molecule has 0 spiro atoms. The second-order valence-electron chi connectivity index (χ2n) is 5.27. The molecule has 0 aliphatic carbocycles. The van der Waals surface area contributed by atoms with Crippen molar-refractivity contribution >= 4 is 21.8 Å². The number of halogens is 2. The number of hydrogen-bond acceptors (Lipinski definition) is 2. The zero-order valence-corrected chi connectivity index (χ0v) is 12.1. The van der Waals surface area contributed by atoms with Crippen LogP contribution in [0.5, 0.6) is 0 Å². The van der Waals surface area contributed by atoms with Crippen LogP contribution in [0.15, 0.2) is 22.7 Å². The fourth-order valence-corrected chi connectivity index (χ4v) is 3.42. The molecule has 2 fully saturated rings. The van der Waals surface area contributed by atoms with Gasteiger partial charge in [-0.05, 0) is 53.4 Å². The lowest BCUT2D eigenvalue weighted by molar-refractivity contribution is 0.0781. The van der Waals surface area contributed by atoms with E-state index in [-0.39, 0.29) is 11.5 Å². The van der Waals surface area contributed by atoms with Crippen LogP contribution in [0, 0.1) is 11.7 Å². The number of piperidine rings is 1. The molecule has 1 aromatic carbocycles. The minimum atomic E-state index is -0.463. The van der Waals surface area contributed by atoms with Crippen LogP contribution in [-0.4, -0.2) is 36.5 Å². The number of carbonyl (C=O) groups excluding carboxylic acids is 1. The molecule has 2 atom stereocenters. The van der Waals surface area contributed by atoms with Gasteiger partial charge in [0.25, 0.3) is 5.91 Å². The minimum absolute atomic E-state index is 0.160. The van der Waals surface area contributed by atoms with E-state index >= 15 is 0 Å². The number of carbonyl (C=O) groups is 1. The standard InChI is InChI=1S/C14H16BrFN2O/c15-11-5-1-4-10(13(11)16)14(19)18-7-9-3-2-6-17-12(9)8-18/h1,4-5,9,12,17H,2-3,6-8H2. The molecule has 3 nitrogen and oxygen atoms in total. The molecule has 2 aliphatic rings. The van der Waals surface area contributed by atoms with Gasteiger partial charge in [0.2, 0.25) is 0 Å². The molecular formula is C14H16BrFN2O. The molecule has 0 radical (unpaired) electrons. The van der Waals surface area contributed by atoms with Crippen molar-refractivity contribution in [1.82, 2.24) is 10.2 Å². The highest BCUT2D eigenvalue weighted by atomic mass is 79.9. The van der Waals surface area contributed by atoms with Crippen molar-refractivity contribution < 1.29 is 9.18 Å². The minimum Gasteiger partial charge on any atom is -0.337 e. The van der Waals surface area contributed by atoms with Gasteiger partial charge >= 0.3 is 0 Å². The van der Waals surface area contributed by atoms with E-state index in [9.17, 15) is 9.18 Å². The van der Waals surface area contributed by atoms with Crippen molar-refractivity contribution in [3.05, 3.63) is 34.1 Å². The fourth-order valence-electron chi connectivity index (χ4n) is 3.05. The van der Waals surface area contributed by atoms with E-state index in [0.717, 1.165) is 25.9 Å². The van der Waals surface area contributed by atoms with Crippen LogP contribution in [0.25, 0.3) is 0 Å². The third kappa shape index (κ3) is 2.41. The van der Waals surface area contributed by atoms with Crippen LogP contribution >= 0.6 is 15.9 Å². The van der Waals surface area contributed by atoms with Crippen LogP contribution in [0.3, 0.4) is 0 Å². The number of likely N-dealkylation sites (tertiary alicyclic amines) is 1. The Bertz CT molecular complexity index is 494. The lowest BCUT2D eigenvalue weighted by Crippen LogP contribution is -2.41. The van der Waals surface area contributed by atoms with Crippen LogP contribution in [0.4, 0.5) is 4.39 Å². The zero-order valence-electron chi connectivity index (χ0n) is 10.5. The van der Waals surface area contributed by atoms with Gasteiger partial charge in [-0.25, -0.2) is 4.39 Å². The molecule has 102 valence electrons. The first kappa shape index (κ1) is 13.1. The number of fused-ring (bicyclic) bond motifs is 1. The van der Waals surface area contributed by atoms with Gasteiger partial charge in [-0.2, -0.15) is 0 Å². The molecule has 3 rings (SSSR count). The van der Waals surface area contributed by atoms with Crippen LogP contribution in [0.2, 0.25) is 0 Å². The highest BCUT2D eigenvalue weighted by Crippen LogP contribution is 2.27. The molecule has 2 heterocycles. The number of rotatable bonds is 1. The van der Waals surface area contributed by atoms with E-state index < -0.39 is 5.82 Å². The molecule has 2 aliphatic heterocycles. The van der Waals surface area contributed by atoms with Crippen LogP contribution in [0.1, 0.15) is 23.2 Å². The first-order valence-electron chi connectivity index (χ1n) is 6.63. The van der Waals surface area contributed by atoms with Crippen molar-refractivity contribution in [2.75, 3.05) is 19.6 Å². The Morgan fingerprint density at radius 1 is 1.42 bits per heavy atom. The molecule has 1 aromatic rings. The van der Waals surface area contributed by atoms with Gasteiger partial charge in [-0.15, -0.1) is 0 Å². The predicted octanol–water partition coefficient (Wildman–Crippen LogP) is 2.41. The van der Waals surface area contributed by atoms with E-state index in [1.165, 1.54) is 0 Å². The summed E-state index contributed by atoms with van der Waals surface area (Å²) in [5.74, 6) is -0.141. The quantitative estimate of drug-likeness (QED) is 0.859. The smallest absolute Gasteiger partial charge is 0.256 e. The Morgan fingerprint density at radius 3 is 3.05 bits per heavy atom. The normalized spacial score (nSPS) is 26.3. The molecule has 1 N–H and O–H groups in total. The molecule has 2 saturated heterocycles. The number of nitrogens with zero attached hydrogens (tertiary/aromatic N) is 1. The third-order valence-electron chi connectivity index (χ3n) is 4.07. The maximum Gasteiger partial charge on any atom is 0.256 e. The Morgan fingerprint density at radius 2 is 2.26 bits per heavy atom. The van der Waals surface area contributed by atoms with Gasteiger partial charge in [0.15, 0.2) is 0 Å². The van der Waals surface area contributed by atoms with Crippen molar-refractivity contribution in [2.24, 2.45) is 5.92 Å². The Kier molecular flexibility index (Phi) is 3.58. The predicted molar refractivity (Wildman–Crippen MR) is 74.5 cm³/mol. The molecule has 2 unspecified atom stereocenters. The first-order chi connectivity index (χ1) is 9.16. The van der Waals surface area contributed by atoms with Gasteiger partial charge in [-0.1, -0.05) is 6.07 Å². The first-order valence-corrected chi connectivity index (χ1v) is 7.43. The topological polar surface area (TPSA) is 32.3 Å².